The number of carbonyl (C=O) groups is 6. The lowest BCUT2D eigenvalue weighted by atomic mass is 9.44. The van der Waals surface area contributed by atoms with Gasteiger partial charge < -0.3 is 39.4 Å². The number of ether oxygens (including phenoxy) is 4. The number of ketones is 4. The largest absolute Gasteiger partial charge is 0.508 e. The van der Waals surface area contributed by atoms with Gasteiger partial charge >= 0.3 is 12.3 Å². The van der Waals surface area contributed by atoms with Crippen LogP contribution in [0, 0.1) is 57.2 Å². The first kappa shape index (κ1) is 46.4. The van der Waals surface area contributed by atoms with Gasteiger partial charge in [0.2, 0.25) is 11.6 Å². The number of hydrogen-bond acceptors (Lipinski definition) is 14. The SMILES string of the molecule is C[C@@H]1C[C@H]2[C@@H]3CCC4=CC(=O)C=C[C@]4(C)[C@@]3(F)[C@@H](O)C[C@]2(C)[C@@]1(O)C(=O)COC(=O)OCCOC(=O)OCC(=O)[C@@]1(O)[C@H](C)C[C@H]2[C@@H]3CCC4=CC(=O)C=C[C@]4(C)[C@@]3(F)[C@@H](O)C[C@@]21C. The lowest BCUT2D eigenvalue weighted by molar-refractivity contribution is -0.219. The lowest BCUT2D eigenvalue weighted by Gasteiger charge is -2.62. The van der Waals surface area contributed by atoms with Crippen LogP contribution in [-0.2, 0) is 38.1 Å². The maximum Gasteiger partial charge on any atom is 0.508 e. The van der Waals surface area contributed by atoms with E-state index < -0.39 is 142 Å². The molecule has 0 aromatic heterocycles. The summed E-state index contributed by atoms with van der Waals surface area (Å²) in [5.74, 6) is -6.10. The molecule has 8 aliphatic carbocycles. The molecule has 0 unspecified atom stereocenters. The number of carbonyl (C=O) groups excluding carboxylic acids is 6. The molecule has 16 heteroatoms. The number of allylic oxidation sites excluding steroid dienone is 8. The number of hydrogen-bond donors (Lipinski definition) is 4. The van der Waals surface area contributed by atoms with Crippen molar-refractivity contribution in [3.63, 3.8) is 0 Å². The average Bonchev–Trinajstić information content (AvgIpc) is 3.57. The molecule has 350 valence electrons. The van der Waals surface area contributed by atoms with Gasteiger partial charge in [0, 0.05) is 33.5 Å². The van der Waals surface area contributed by atoms with Gasteiger partial charge in [0.25, 0.3) is 0 Å². The number of halogens is 2. The summed E-state index contributed by atoms with van der Waals surface area (Å²) in [6.45, 7) is 7.08. The Kier molecular flexibility index (Phi) is 11.0. The Labute approximate surface area is 370 Å². The first-order valence-corrected chi connectivity index (χ1v) is 22.5. The number of rotatable bonds is 9. The summed E-state index contributed by atoms with van der Waals surface area (Å²) in [6, 6.07) is 0. The second-order valence-electron chi connectivity index (χ2n) is 21.0. The van der Waals surface area contributed by atoms with E-state index in [0.29, 0.717) is 36.8 Å². The fraction of sp³-hybridized carbons (Fsp3) is 0.708. The topological polar surface area (TPSA) is 220 Å². The summed E-state index contributed by atoms with van der Waals surface area (Å²) < 4.78 is 54.9. The fourth-order valence-corrected chi connectivity index (χ4v) is 15.1. The van der Waals surface area contributed by atoms with E-state index in [2.05, 4.69) is 0 Å². The Morgan fingerprint density at radius 3 is 1.34 bits per heavy atom. The van der Waals surface area contributed by atoms with Crippen LogP contribution in [0.2, 0.25) is 0 Å². The highest BCUT2D eigenvalue weighted by Gasteiger charge is 2.77. The third-order valence-electron chi connectivity index (χ3n) is 18.5. The first-order chi connectivity index (χ1) is 29.8. The summed E-state index contributed by atoms with van der Waals surface area (Å²) >= 11 is 0. The van der Waals surface area contributed by atoms with Gasteiger partial charge in [-0.1, -0.05) is 51.0 Å². The number of fused-ring (bicyclic) bond motifs is 10. The molecule has 0 saturated heterocycles. The van der Waals surface area contributed by atoms with E-state index >= 15 is 8.78 Å². The van der Waals surface area contributed by atoms with Crippen molar-refractivity contribution in [1.29, 1.82) is 0 Å². The maximum atomic E-state index is 17.5. The van der Waals surface area contributed by atoms with Crippen LogP contribution in [0.4, 0.5) is 18.4 Å². The smallest absolute Gasteiger partial charge is 0.431 e. The second-order valence-corrected chi connectivity index (χ2v) is 21.0. The zero-order chi connectivity index (χ0) is 46.8. The Hall–Kier alpha value is -4.12. The van der Waals surface area contributed by atoms with E-state index in [0.717, 1.165) is 0 Å². The molecule has 0 amide bonds. The minimum absolute atomic E-state index is 0.245. The van der Waals surface area contributed by atoms with E-state index in [1.165, 1.54) is 36.5 Å². The van der Waals surface area contributed by atoms with Crippen LogP contribution in [0.5, 0.6) is 0 Å². The van der Waals surface area contributed by atoms with Crippen molar-refractivity contribution in [3.05, 3.63) is 47.6 Å². The van der Waals surface area contributed by atoms with E-state index in [-0.39, 0.29) is 37.2 Å². The Balaban J connectivity index is 0.818. The predicted molar refractivity (Wildman–Crippen MR) is 220 cm³/mol. The summed E-state index contributed by atoms with van der Waals surface area (Å²) in [7, 11) is 0. The molecule has 8 aliphatic rings. The van der Waals surface area contributed by atoms with Crippen molar-refractivity contribution in [2.75, 3.05) is 26.4 Å². The molecule has 0 radical (unpaired) electrons. The van der Waals surface area contributed by atoms with Crippen molar-refractivity contribution < 1.29 is 76.9 Å². The zero-order valence-electron chi connectivity index (χ0n) is 37.2. The van der Waals surface area contributed by atoms with Gasteiger partial charge in [-0.15, -0.1) is 0 Å². The van der Waals surface area contributed by atoms with Crippen LogP contribution >= 0.6 is 0 Å². The van der Waals surface area contributed by atoms with Crippen molar-refractivity contribution in [3.8, 4) is 0 Å². The van der Waals surface area contributed by atoms with Gasteiger partial charge in [-0.05, 0) is 113 Å². The quantitative estimate of drug-likeness (QED) is 0.174. The van der Waals surface area contributed by atoms with E-state index in [1.807, 2.05) is 0 Å². The van der Waals surface area contributed by atoms with Crippen molar-refractivity contribution in [2.24, 2.45) is 57.2 Å². The van der Waals surface area contributed by atoms with Gasteiger partial charge in [-0.2, -0.15) is 0 Å². The molecule has 8 rings (SSSR count). The zero-order valence-corrected chi connectivity index (χ0v) is 37.2. The molecule has 0 bridgehead atoms. The Morgan fingerprint density at radius 1 is 0.625 bits per heavy atom. The highest BCUT2D eigenvalue weighted by atomic mass is 19.1. The Bertz CT molecular complexity index is 2040. The molecular formula is C48H60F2O14. The van der Waals surface area contributed by atoms with Gasteiger partial charge in [0.1, 0.15) is 24.4 Å². The standard InChI is InChI=1S/C48H60F2O14/c1-25-17-33-31-9-7-27-19-29(51)11-13-41(27,3)45(31,49)35(53)21-43(33,5)47(25,59)37(55)23-63-39(57)61-15-16-62-40(58)64-24-38(56)48(60)26(2)18-34-32-10-8-28-20-30(52)12-14-42(28,4)46(32,50)36(54)22-44(34,48)6/h11-14,19-20,25-26,31-36,53-54,59-60H,7-10,15-18,21-24H2,1-6H3/t25-,26-,31+,32+,33+,34+,35+,36+,41+,42+,43+,44+,45+,46+,47+,48+/m1/s1. The molecule has 14 nitrogen and oxygen atoms in total. The van der Waals surface area contributed by atoms with Crippen LogP contribution in [0.15, 0.2) is 47.6 Å². The highest BCUT2D eigenvalue weighted by molar-refractivity contribution is 6.02. The summed E-state index contributed by atoms with van der Waals surface area (Å²) in [5.41, 5.74) is -12.4. The molecule has 16 atom stereocenters. The number of alkyl halides is 2. The first-order valence-electron chi connectivity index (χ1n) is 22.5. The molecule has 6 saturated carbocycles. The number of Topliss-reactive ketones (excluding diaryl/α,β-unsaturated/α-hetero) is 2. The van der Waals surface area contributed by atoms with Crippen LogP contribution in [0.3, 0.4) is 0 Å². The second kappa shape index (κ2) is 15.2. The summed E-state index contributed by atoms with van der Waals surface area (Å²) in [4.78, 5) is 76.9. The minimum Gasteiger partial charge on any atom is -0.431 e. The molecule has 64 heavy (non-hydrogen) atoms. The van der Waals surface area contributed by atoms with Crippen molar-refractivity contribution in [1.82, 2.24) is 0 Å². The van der Waals surface area contributed by atoms with Gasteiger partial charge in [0.15, 0.2) is 36.1 Å². The van der Waals surface area contributed by atoms with Crippen molar-refractivity contribution >= 4 is 35.4 Å². The van der Waals surface area contributed by atoms with E-state index in [1.54, 1.807) is 41.5 Å². The summed E-state index contributed by atoms with van der Waals surface area (Å²) in [6.07, 6.45) is 4.19. The molecule has 0 aliphatic heterocycles. The number of aliphatic hydroxyl groups is 4. The maximum absolute atomic E-state index is 17.5. The molecule has 0 heterocycles. The molecule has 0 aromatic carbocycles. The molecule has 0 aromatic rings. The van der Waals surface area contributed by atoms with Crippen LogP contribution in [0.25, 0.3) is 0 Å². The van der Waals surface area contributed by atoms with Gasteiger partial charge in [0.05, 0.1) is 12.2 Å². The van der Waals surface area contributed by atoms with E-state index in [9.17, 15) is 49.2 Å². The monoisotopic (exact) mass is 898 g/mol. The fourth-order valence-electron chi connectivity index (χ4n) is 15.1. The molecular weight excluding hydrogens is 839 g/mol. The third kappa shape index (κ3) is 5.99. The van der Waals surface area contributed by atoms with E-state index in [4.69, 9.17) is 18.9 Å². The highest BCUT2D eigenvalue weighted by Crippen LogP contribution is 2.72. The Morgan fingerprint density at radius 2 is 0.984 bits per heavy atom. The minimum atomic E-state index is -2.16. The molecule has 4 N–H and O–H groups in total. The molecule has 0 spiro atoms. The molecule has 6 fully saturated rings. The van der Waals surface area contributed by atoms with Crippen LogP contribution in [0.1, 0.15) is 92.9 Å². The predicted octanol–water partition coefficient (Wildman–Crippen LogP) is 5.13. The van der Waals surface area contributed by atoms with Crippen LogP contribution in [-0.4, -0.2) is 117 Å². The van der Waals surface area contributed by atoms with Crippen LogP contribution < -0.4 is 0 Å². The average molecular weight is 899 g/mol. The number of aliphatic hydroxyl groups excluding tert-OH is 2. The normalized spacial score (nSPS) is 47.4. The van der Waals surface area contributed by atoms with Gasteiger partial charge in [-0.3, -0.25) is 19.2 Å². The summed E-state index contributed by atoms with van der Waals surface area (Å²) in [5, 5.41) is 47.4. The third-order valence-corrected chi connectivity index (χ3v) is 18.5. The van der Waals surface area contributed by atoms with Crippen molar-refractivity contribution in [2.45, 2.75) is 128 Å². The lowest BCUT2D eigenvalue weighted by Crippen LogP contribution is -2.69. The van der Waals surface area contributed by atoms with Gasteiger partial charge in [-0.25, -0.2) is 18.4 Å².